The predicted molar refractivity (Wildman–Crippen MR) is 385 cm³/mol. The molecule has 0 saturated heterocycles. The van der Waals surface area contributed by atoms with E-state index in [1.807, 2.05) is 31.2 Å². The Morgan fingerprint density at radius 2 is 1.48 bits per heavy atom. The zero-order valence-corrected chi connectivity index (χ0v) is 59.4. The van der Waals surface area contributed by atoms with Gasteiger partial charge < -0.3 is 93.4 Å². The zero-order chi connectivity index (χ0) is 78.0. The largest absolute Gasteiger partial charge is 0.514 e. The second-order valence-corrected chi connectivity index (χ2v) is 26.7. The Morgan fingerprint density at radius 3 is 2.12 bits per heavy atom. The summed E-state index contributed by atoms with van der Waals surface area (Å²) in [6.45, 7) is 5.52. The smallest absolute Gasteiger partial charge is 0.481 e. The van der Waals surface area contributed by atoms with Crippen molar-refractivity contribution in [1.29, 1.82) is 0 Å². The van der Waals surface area contributed by atoms with Crippen molar-refractivity contribution < 1.29 is 92.5 Å². The molecule has 9 rings (SSSR count). The SMILES string of the molecule is CCc1c2c(nc3ccc(OC(=O)OCc4ccc(SSC[C@H](C)C(=O)O)cc4)cc13)-c1cc3c(c(=O)n1C2)COC(=O)[C@]3(O)CC.CNC(=O)[C@@H](CC(=O)O)NC(=O)[C@@H](CCCN=C(N)N)NC(=O)[C@@H](CC(=O)O)NC(=O)CC[C@@H](NC(=O)c1ccc(NCc2cnc3nc(N)[nH]c(=O)c3n2)cc1)C(=O)O. The van der Waals surface area contributed by atoms with Crippen LogP contribution in [-0.4, -0.2) is 170 Å². The number of anilines is 2. The minimum atomic E-state index is -1.90. The Hall–Kier alpha value is -12.3. The number of amides is 5. The Kier molecular flexibility index (Phi) is 27.4. The molecule has 37 nitrogen and oxygen atoms in total. The third kappa shape index (κ3) is 21.0. The number of nitrogens with zero attached hydrogens (tertiary/aromatic N) is 6. The minimum absolute atomic E-state index is 0.0105. The van der Waals surface area contributed by atoms with Crippen LogP contribution in [0.2, 0.25) is 0 Å². The molecular formula is C68H76N16O21S2. The lowest BCUT2D eigenvalue weighted by molar-refractivity contribution is -0.172. The fourth-order valence-electron chi connectivity index (χ4n) is 11.1. The fourth-order valence-corrected chi connectivity index (χ4v) is 13.4. The van der Waals surface area contributed by atoms with Gasteiger partial charge in [0.25, 0.3) is 17.0 Å². The number of carboxylic acids is 4. The molecule has 0 unspecified atom stereocenters. The molecule has 0 aliphatic carbocycles. The van der Waals surface area contributed by atoms with Crippen LogP contribution in [0.4, 0.5) is 16.4 Å². The number of aliphatic hydroxyl groups is 1. The summed E-state index contributed by atoms with van der Waals surface area (Å²) in [5.41, 5.74) is 19.2. The highest BCUT2D eigenvalue weighted by Gasteiger charge is 2.46. The summed E-state index contributed by atoms with van der Waals surface area (Å²) >= 11 is 0. The number of carbonyl (C=O) groups excluding carboxylic acids is 7. The summed E-state index contributed by atoms with van der Waals surface area (Å²) in [6.07, 6.45) is -1.81. The van der Waals surface area contributed by atoms with Crippen LogP contribution in [0.1, 0.15) is 110 Å². The van der Waals surface area contributed by atoms with Crippen molar-refractivity contribution in [3.05, 3.63) is 139 Å². The number of guanidine groups is 1. The first-order chi connectivity index (χ1) is 50.9. The number of esters is 1. The number of carboxylic acid groups (broad SMARTS) is 4. The van der Waals surface area contributed by atoms with E-state index in [2.05, 4.69) is 56.8 Å². The second-order valence-electron chi connectivity index (χ2n) is 24.3. The monoisotopic (exact) mass is 1520 g/mol. The number of aromatic nitrogens is 6. The van der Waals surface area contributed by atoms with Crippen molar-refractivity contribution in [2.75, 3.05) is 30.4 Å². The molecule has 3 aromatic carbocycles. The van der Waals surface area contributed by atoms with Crippen molar-refractivity contribution in [2.24, 2.45) is 22.4 Å². The van der Waals surface area contributed by atoms with Gasteiger partial charge in [-0.1, -0.05) is 54.5 Å². The Balaban J connectivity index is 0.000000277. The summed E-state index contributed by atoms with van der Waals surface area (Å²) in [5.74, 6) is -10.9. The van der Waals surface area contributed by atoms with E-state index in [0.717, 1.165) is 27.0 Å². The van der Waals surface area contributed by atoms with E-state index in [-0.39, 0.29) is 103 Å². The van der Waals surface area contributed by atoms with Gasteiger partial charge in [0, 0.05) is 58.4 Å². The van der Waals surface area contributed by atoms with E-state index in [9.17, 15) is 82.8 Å². The van der Waals surface area contributed by atoms with Gasteiger partial charge >= 0.3 is 36.0 Å². The molecule has 2 aliphatic heterocycles. The molecule has 0 saturated carbocycles. The summed E-state index contributed by atoms with van der Waals surface area (Å²) in [4.78, 5) is 185. The van der Waals surface area contributed by atoms with E-state index in [1.165, 1.54) is 59.1 Å². The predicted octanol–water partition coefficient (Wildman–Crippen LogP) is 1.89. The first kappa shape index (κ1) is 80.4. The van der Waals surface area contributed by atoms with E-state index < -0.39 is 132 Å². The average molecular weight is 1520 g/mol. The van der Waals surface area contributed by atoms with Crippen molar-refractivity contribution in [3.63, 3.8) is 0 Å². The maximum atomic E-state index is 13.6. The minimum Gasteiger partial charge on any atom is -0.481 e. The number of carbonyl (C=O) groups is 11. The number of aromatic amines is 1. The van der Waals surface area contributed by atoms with Gasteiger partial charge in [-0.05, 0) is 104 Å². The van der Waals surface area contributed by atoms with Gasteiger partial charge in [0.2, 0.25) is 29.6 Å². The maximum absolute atomic E-state index is 13.6. The lowest BCUT2D eigenvalue weighted by atomic mass is 9.86. The highest BCUT2D eigenvalue weighted by atomic mass is 33.1. The third-order valence-corrected chi connectivity index (χ3v) is 19.3. The summed E-state index contributed by atoms with van der Waals surface area (Å²) < 4.78 is 17.6. The molecular weight excluding hydrogens is 1440 g/mol. The molecule has 0 radical (unpaired) electrons. The Morgan fingerprint density at radius 1 is 0.794 bits per heavy atom. The number of pyridine rings is 2. The molecule has 6 heterocycles. The molecule has 0 spiro atoms. The average Bonchev–Trinajstić information content (AvgIpc) is 1.54. The number of H-pyrrole nitrogens is 1. The van der Waals surface area contributed by atoms with E-state index >= 15 is 0 Å². The molecule has 39 heteroatoms. The van der Waals surface area contributed by atoms with Crippen molar-refractivity contribution in [2.45, 2.75) is 133 Å². The van der Waals surface area contributed by atoms with E-state index in [1.54, 1.807) is 42.7 Å². The molecule has 566 valence electrons. The van der Waals surface area contributed by atoms with Gasteiger partial charge in [-0.25, -0.2) is 29.3 Å². The number of likely N-dealkylation sites (N-methyl/N-ethyl adjacent to an activating group) is 1. The molecule has 6 atom stereocenters. The van der Waals surface area contributed by atoms with Crippen LogP contribution >= 0.6 is 21.6 Å². The number of hydrogen-bond acceptors (Lipinski definition) is 26. The molecule has 0 fully saturated rings. The van der Waals surface area contributed by atoms with Crippen LogP contribution in [0.5, 0.6) is 5.75 Å². The van der Waals surface area contributed by atoms with Gasteiger partial charge in [0.1, 0.15) is 43.1 Å². The van der Waals surface area contributed by atoms with E-state index in [4.69, 9.17) is 41.5 Å². The van der Waals surface area contributed by atoms with Crippen LogP contribution in [0.3, 0.4) is 0 Å². The zero-order valence-electron chi connectivity index (χ0n) is 57.8. The first-order valence-electron chi connectivity index (χ1n) is 33.0. The molecule has 4 aromatic heterocycles. The number of ether oxygens (including phenoxy) is 3. The number of benzene rings is 3. The van der Waals surface area contributed by atoms with Gasteiger partial charge in [-0.2, -0.15) is 4.98 Å². The number of aliphatic carboxylic acids is 4. The van der Waals surface area contributed by atoms with E-state index in [0.29, 0.717) is 40.5 Å². The molecule has 7 aromatic rings. The van der Waals surface area contributed by atoms with Crippen LogP contribution in [-0.2, 0) is 90.9 Å². The number of nitrogens with one attached hydrogen (secondary N) is 7. The van der Waals surface area contributed by atoms with Gasteiger partial charge in [-0.15, -0.1) is 0 Å². The number of aliphatic imine (C=N–C) groups is 1. The molecule has 18 N–H and O–H groups in total. The second kappa shape index (κ2) is 36.4. The first-order valence-corrected chi connectivity index (χ1v) is 35.3. The summed E-state index contributed by atoms with van der Waals surface area (Å²) in [7, 11) is 4.16. The Labute approximate surface area is 614 Å². The molecule has 107 heavy (non-hydrogen) atoms. The van der Waals surface area contributed by atoms with Crippen LogP contribution in [0.25, 0.3) is 33.5 Å². The topological polar surface area (TPSA) is 586 Å². The summed E-state index contributed by atoms with van der Waals surface area (Å²) in [5, 5.41) is 63.5. The van der Waals surface area contributed by atoms with Crippen molar-refractivity contribution >= 4 is 127 Å². The lowest BCUT2D eigenvalue weighted by Gasteiger charge is -2.31. The standard InChI is InChI=1S/C34H44N14O12.C34H32N2O9S2/c1-38-28(55)20(11-23(50)51)46-29(56)18(3-2-10-39-33(35)36)44-30(57)21(12-24(52)53)43-22(49)9-8-19(32(59)60)45-27(54)15-4-6-16(7-5-15)40-13-17-14-41-26-25(42-17)31(58)48-34(37)47-26;1-4-22-23-12-20(45-33(41)44-15-19-6-9-21(10-7-19)47-46-17-18(3)31(38)39)8-11-27(23)35-29-24(22)14-36-28(29)13-26-25(30(36)37)16-43-32(40)34(26,42)5-2/h4-7,14,18-21,40H,2-3,8-13H2,1H3,(H,38,55)(H,43,49)(H,44,57)(H,45,54)(H,46,56)(H,50,51)(H,52,53)(H,59,60)(H4,35,36,39)(H3,37,41,47,48,58);6-13,18,42H,4-5,14-17H2,1-3H3,(H,38,39)/t18-,19-,20-,21-;18-,34-/m10/s1. The maximum Gasteiger partial charge on any atom is 0.514 e. The Bertz CT molecular complexity index is 4750. The fraction of sp³-hybridized carbons (Fsp3) is 0.353. The molecule has 5 amide bonds. The van der Waals surface area contributed by atoms with Crippen molar-refractivity contribution in [1.82, 2.24) is 56.1 Å². The molecule has 0 bridgehead atoms. The van der Waals surface area contributed by atoms with Crippen LogP contribution < -0.4 is 65.0 Å². The quantitative estimate of drug-likeness (QED) is 0.00697. The highest BCUT2D eigenvalue weighted by Crippen LogP contribution is 2.41. The highest BCUT2D eigenvalue weighted by molar-refractivity contribution is 8.76. The van der Waals surface area contributed by atoms with Gasteiger partial charge in [0.05, 0.1) is 66.2 Å². The van der Waals surface area contributed by atoms with Gasteiger partial charge in [0.15, 0.2) is 22.7 Å². The lowest BCUT2D eigenvalue weighted by Crippen LogP contribution is -2.57. The number of hydrogen-bond donors (Lipinski definition) is 15. The van der Waals surface area contributed by atoms with Crippen LogP contribution in [0, 0.1) is 5.92 Å². The van der Waals surface area contributed by atoms with Gasteiger partial charge in [-0.3, -0.25) is 57.9 Å². The number of cyclic esters (lactones) is 1. The van der Waals surface area contributed by atoms with Crippen molar-refractivity contribution in [3.8, 4) is 17.1 Å². The number of nitrogen functional groups attached to an aromatic ring is 1. The molecule has 2 aliphatic rings. The number of rotatable bonds is 33. The van der Waals surface area contributed by atoms with Crippen LogP contribution in [0.15, 0.2) is 98.5 Å². The number of aryl methyl sites for hydroxylation is 1. The number of nitrogens with two attached hydrogens (primary N) is 3. The summed E-state index contributed by atoms with van der Waals surface area (Å²) in [6, 6.07) is 13.6. The normalized spacial score (nSPS) is 14.6. The number of fused-ring (bicyclic) bond motifs is 6. The third-order valence-electron chi connectivity index (χ3n) is 16.7.